The van der Waals surface area contributed by atoms with Gasteiger partial charge in [-0.1, -0.05) is 30.3 Å². The number of ether oxygens (including phenoxy) is 3. The molecule has 112 valence electrons. The number of methoxy groups -OCH3 is 1. The monoisotopic (exact) mass is 283 g/mol. The molecule has 1 aliphatic heterocycles. The van der Waals surface area contributed by atoms with Crippen molar-refractivity contribution in [1.82, 2.24) is 0 Å². The first kappa shape index (κ1) is 15.4. The standard InChI is InChI=1S/C14H21NO5/c1-18-13-12(17)11(16)10(7-15)20-14(13)19-8-9-5-3-2-4-6-9/h2-6,10-14,16-17H,7-8,15H2,1H3. The molecular weight excluding hydrogens is 262 g/mol. The molecule has 0 aliphatic carbocycles. The van der Waals surface area contributed by atoms with E-state index in [4.69, 9.17) is 19.9 Å². The number of nitrogens with two attached hydrogens (primary N) is 1. The second kappa shape index (κ2) is 7.12. The molecule has 0 aromatic heterocycles. The molecule has 6 nitrogen and oxygen atoms in total. The molecule has 2 rings (SSSR count). The zero-order valence-corrected chi connectivity index (χ0v) is 11.4. The van der Waals surface area contributed by atoms with Crippen molar-refractivity contribution in [2.45, 2.75) is 37.3 Å². The van der Waals surface area contributed by atoms with Gasteiger partial charge in [0.2, 0.25) is 0 Å². The van der Waals surface area contributed by atoms with Crippen LogP contribution >= 0.6 is 0 Å². The number of hydrogen-bond acceptors (Lipinski definition) is 6. The second-order valence-electron chi connectivity index (χ2n) is 4.76. The van der Waals surface area contributed by atoms with Gasteiger partial charge in [-0.25, -0.2) is 0 Å². The molecule has 0 bridgehead atoms. The van der Waals surface area contributed by atoms with Crippen molar-refractivity contribution in [3.05, 3.63) is 35.9 Å². The van der Waals surface area contributed by atoms with Gasteiger partial charge in [0.15, 0.2) is 6.29 Å². The van der Waals surface area contributed by atoms with Gasteiger partial charge in [-0.3, -0.25) is 0 Å². The number of hydrogen-bond donors (Lipinski definition) is 3. The smallest absolute Gasteiger partial charge is 0.187 e. The topological polar surface area (TPSA) is 94.2 Å². The Hall–Kier alpha value is -1.02. The second-order valence-corrected chi connectivity index (χ2v) is 4.76. The molecule has 4 N–H and O–H groups in total. The first-order chi connectivity index (χ1) is 9.67. The van der Waals surface area contributed by atoms with Crippen molar-refractivity contribution in [2.24, 2.45) is 5.73 Å². The molecule has 1 aromatic rings. The molecule has 0 spiro atoms. The van der Waals surface area contributed by atoms with Crippen LogP contribution in [0.15, 0.2) is 30.3 Å². The SMILES string of the molecule is COC1C(OCc2ccccc2)OC(CN)C(O)C1O. The maximum Gasteiger partial charge on any atom is 0.187 e. The van der Waals surface area contributed by atoms with Crippen LogP contribution in [0.1, 0.15) is 5.56 Å². The van der Waals surface area contributed by atoms with Crippen molar-refractivity contribution in [3.63, 3.8) is 0 Å². The molecule has 20 heavy (non-hydrogen) atoms. The summed E-state index contributed by atoms with van der Waals surface area (Å²) in [6.07, 6.45) is -4.37. The largest absolute Gasteiger partial charge is 0.388 e. The van der Waals surface area contributed by atoms with Gasteiger partial charge >= 0.3 is 0 Å². The highest BCUT2D eigenvalue weighted by Crippen LogP contribution is 2.24. The maximum atomic E-state index is 10.0. The Morgan fingerprint density at radius 2 is 1.90 bits per heavy atom. The van der Waals surface area contributed by atoms with Crippen molar-refractivity contribution >= 4 is 0 Å². The number of rotatable bonds is 5. The van der Waals surface area contributed by atoms with Crippen LogP contribution in [-0.2, 0) is 20.8 Å². The summed E-state index contributed by atoms with van der Waals surface area (Å²) in [5.41, 5.74) is 6.50. The molecule has 6 heteroatoms. The van der Waals surface area contributed by atoms with Gasteiger partial charge in [-0.2, -0.15) is 0 Å². The fourth-order valence-electron chi connectivity index (χ4n) is 2.24. The molecule has 1 saturated heterocycles. The van der Waals surface area contributed by atoms with E-state index in [-0.39, 0.29) is 6.54 Å². The van der Waals surface area contributed by atoms with E-state index in [1.807, 2.05) is 30.3 Å². The van der Waals surface area contributed by atoms with E-state index in [0.717, 1.165) is 5.56 Å². The first-order valence-electron chi connectivity index (χ1n) is 6.57. The van der Waals surface area contributed by atoms with E-state index in [0.29, 0.717) is 6.61 Å². The van der Waals surface area contributed by atoms with Gasteiger partial charge in [0.05, 0.1) is 6.61 Å². The summed E-state index contributed by atoms with van der Waals surface area (Å²) in [6, 6.07) is 9.60. The van der Waals surface area contributed by atoms with Gasteiger partial charge < -0.3 is 30.2 Å². The van der Waals surface area contributed by atoms with Crippen molar-refractivity contribution < 1.29 is 24.4 Å². The predicted molar refractivity (Wildman–Crippen MR) is 71.8 cm³/mol. The molecule has 0 radical (unpaired) electrons. The third-order valence-electron chi connectivity index (χ3n) is 3.41. The molecule has 5 unspecified atom stereocenters. The Bertz CT molecular complexity index is 402. The zero-order valence-electron chi connectivity index (χ0n) is 11.4. The average molecular weight is 283 g/mol. The van der Waals surface area contributed by atoms with Crippen LogP contribution in [0.3, 0.4) is 0 Å². The lowest BCUT2D eigenvalue weighted by Gasteiger charge is -2.41. The van der Waals surface area contributed by atoms with Gasteiger partial charge in [-0.15, -0.1) is 0 Å². The highest BCUT2D eigenvalue weighted by atomic mass is 16.7. The molecule has 0 saturated carbocycles. The van der Waals surface area contributed by atoms with Crippen LogP contribution in [0.4, 0.5) is 0 Å². The Balaban J connectivity index is 2.00. The average Bonchev–Trinajstić information content (AvgIpc) is 2.49. The van der Waals surface area contributed by atoms with Crippen molar-refractivity contribution in [2.75, 3.05) is 13.7 Å². The van der Waals surface area contributed by atoms with E-state index < -0.39 is 30.7 Å². The minimum absolute atomic E-state index is 0.0971. The summed E-state index contributed by atoms with van der Waals surface area (Å²) >= 11 is 0. The summed E-state index contributed by atoms with van der Waals surface area (Å²) in [7, 11) is 1.44. The summed E-state index contributed by atoms with van der Waals surface area (Å²) in [4.78, 5) is 0. The van der Waals surface area contributed by atoms with Crippen LogP contribution < -0.4 is 5.73 Å². The van der Waals surface area contributed by atoms with Crippen LogP contribution in [0, 0.1) is 0 Å². The van der Waals surface area contributed by atoms with Gasteiger partial charge in [0, 0.05) is 13.7 Å². The fourth-order valence-corrected chi connectivity index (χ4v) is 2.24. The summed E-state index contributed by atoms with van der Waals surface area (Å²) in [6.45, 7) is 0.422. The minimum Gasteiger partial charge on any atom is -0.388 e. The molecule has 1 aromatic carbocycles. The molecule has 1 fully saturated rings. The van der Waals surface area contributed by atoms with Gasteiger partial charge in [-0.05, 0) is 5.56 Å². The summed E-state index contributed by atoms with van der Waals surface area (Å²) in [5, 5.41) is 19.9. The Kier molecular flexibility index (Phi) is 5.47. The van der Waals surface area contributed by atoms with E-state index in [2.05, 4.69) is 0 Å². The lowest BCUT2D eigenvalue weighted by atomic mass is 9.99. The quantitative estimate of drug-likeness (QED) is 0.682. The number of benzene rings is 1. The van der Waals surface area contributed by atoms with Crippen LogP contribution in [-0.4, -0.2) is 54.6 Å². The van der Waals surface area contributed by atoms with E-state index in [9.17, 15) is 10.2 Å². The lowest BCUT2D eigenvalue weighted by Crippen LogP contribution is -2.60. The minimum atomic E-state index is -1.09. The Morgan fingerprint density at radius 1 is 1.20 bits per heavy atom. The molecule has 1 aliphatic rings. The van der Waals surface area contributed by atoms with Crippen molar-refractivity contribution in [1.29, 1.82) is 0 Å². The Morgan fingerprint density at radius 3 is 2.50 bits per heavy atom. The van der Waals surface area contributed by atoms with Crippen LogP contribution in [0.25, 0.3) is 0 Å². The summed E-state index contributed by atoms with van der Waals surface area (Å²) < 4.78 is 16.4. The van der Waals surface area contributed by atoms with Crippen LogP contribution in [0.5, 0.6) is 0 Å². The fraction of sp³-hybridized carbons (Fsp3) is 0.571. The highest BCUT2D eigenvalue weighted by Gasteiger charge is 2.44. The van der Waals surface area contributed by atoms with Crippen molar-refractivity contribution in [3.8, 4) is 0 Å². The van der Waals surface area contributed by atoms with Gasteiger partial charge in [0.1, 0.15) is 24.4 Å². The Labute approximate surface area is 118 Å². The van der Waals surface area contributed by atoms with E-state index in [1.165, 1.54) is 7.11 Å². The highest BCUT2D eigenvalue weighted by molar-refractivity contribution is 5.13. The summed E-state index contributed by atoms with van der Waals surface area (Å²) in [5.74, 6) is 0. The first-order valence-corrected chi connectivity index (χ1v) is 6.57. The van der Waals surface area contributed by atoms with E-state index >= 15 is 0 Å². The number of aliphatic hydroxyl groups is 2. The lowest BCUT2D eigenvalue weighted by molar-refractivity contribution is -0.302. The maximum absolute atomic E-state index is 10.0. The third-order valence-corrected chi connectivity index (χ3v) is 3.41. The van der Waals surface area contributed by atoms with Gasteiger partial charge in [0.25, 0.3) is 0 Å². The zero-order chi connectivity index (χ0) is 14.5. The molecule has 5 atom stereocenters. The van der Waals surface area contributed by atoms with E-state index in [1.54, 1.807) is 0 Å². The molecule has 0 amide bonds. The molecule has 1 heterocycles. The van der Waals surface area contributed by atoms with Crippen LogP contribution in [0.2, 0.25) is 0 Å². The normalized spacial score (nSPS) is 34.1. The number of aliphatic hydroxyl groups excluding tert-OH is 2. The molecular formula is C14H21NO5. The third kappa shape index (κ3) is 3.35. The predicted octanol–water partition coefficient (Wildman–Crippen LogP) is -0.376.